The van der Waals surface area contributed by atoms with Crippen molar-refractivity contribution in [3.05, 3.63) is 63.8 Å². The molecule has 14 heteroatoms. The molecule has 2 fully saturated rings. The monoisotopic (exact) mass is 586 g/mol. The average molecular weight is 587 g/mol. The molecule has 0 radical (unpaired) electrons. The van der Waals surface area contributed by atoms with Gasteiger partial charge in [-0.25, -0.2) is 13.8 Å². The molecule has 2 saturated heterocycles. The number of nitrogens with zero attached hydrogens (tertiary/aromatic N) is 3. The molecule has 1 unspecified atom stereocenters. The summed E-state index contributed by atoms with van der Waals surface area (Å²) in [6.07, 6.45) is -0.119. The molecule has 3 aliphatic heterocycles. The molecular weight excluding hydrogens is 565 g/mol. The van der Waals surface area contributed by atoms with E-state index in [1.54, 1.807) is 5.38 Å². The van der Waals surface area contributed by atoms with Crippen molar-refractivity contribution in [1.82, 2.24) is 15.2 Å². The largest absolute Gasteiger partial charge is 0.485 e. The van der Waals surface area contributed by atoms with Crippen LogP contribution in [0.4, 0.5) is 18.3 Å². The van der Waals surface area contributed by atoms with E-state index >= 15 is 4.39 Å². The summed E-state index contributed by atoms with van der Waals surface area (Å²) in [6, 6.07) is 2.97. The first kappa shape index (κ1) is 26.9. The highest BCUT2D eigenvalue weighted by atomic mass is 32.1. The first-order chi connectivity index (χ1) is 19.7. The minimum atomic E-state index is -1.29. The molecule has 1 atom stereocenters. The summed E-state index contributed by atoms with van der Waals surface area (Å²) in [5.41, 5.74) is -0.139. The molecule has 212 valence electrons. The number of fused-ring (bicyclic) bond motifs is 1. The van der Waals surface area contributed by atoms with Crippen LogP contribution in [0.5, 0.6) is 5.75 Å². The number of imide groups is 2. The van der Waals surface area contributed by atoms with Gasteiger partial charge in [0.05, 0.1) is 30.0 Å². The summed E-state index contributed by atoms with van der Waals surface area (Å²) in [5, 5.41) is 4.44. The number of piperidine rings is 1. The lowest BCUT2D eigenvalue weighted by Gasteiger charge is -2.27. The summed E-state index contributed by atoms with van der Waals surface area (Å²) in [6.45, 7) is 1.75. The van der Waals surface area contributed by atoms with E-state index in [4.69, 9.17) is 9.47 Å². The van der Waals surface area contributed by atoms with E-state index in [1.165, 1.54) is 17.4 Å². The van der Waals surface area contributed by atoms with E-state index in [-0.39, 0.29) is 35.1 Å². The first-order valence-corrected chi connectivity index (χ1v) is 13.5. The number of halogens is 3. The Balaban J connectivity index is 1.26. The minimum Gasteiger partial charge on any atom is -0.485 e. The number of hydrogen-bond donors (Lipinski definition) is 1. The van der Waals surface area contributed by atoms with Crippen LogP contribution in [-0.4, -0.2) is 65.9 Å². The van der Waals surface area contributed by atoms with Gasteiger partial charge in [-0.15, -0.1) is 11.3 Å². The van der Waals surface area contributed by atoms with Crippen LogP contribution >= 0.6 is 11.3 Å². The van der Waals surface area contributed by atoms with Gasteiger partial charge in [-0.1, -0.05) is 0 Å². The van der Waals surface area contributed by atoms with Crippen molar-refractivity contribution in [2.75, 3.05) is 31.2 Å². The molecule has 0 bridgehead atoms. The van der Waals surface area contributed by atoms with Crippen molar-refractivity contribution in [3.63, 3.8) is 0 Å². The van der Waals surface area contributed by atoms with Crippen molar-refractivity contribution in [2.45, 2.75) is 25.5 Å². The Kier molecular flexibility index (Phi) is 6.95. The molecule has 4 heterocycles. The highest BCUT2D eigenvalue weighted by Gasteiger charge is 2.45. The van der Waals surface area contributed by atoms with Gasteiger partial charge < -0.3 is 14.4 Å². The quantitative estimate of drug-likeness (QED) is 0.438. The average Bonchev–Trinajstić information content (AvgIpc) is 3.54. The summed E-state index contributed by atoms with van der Waals surface area (Å²) in [4.78, 5) is 57.0. The number of hydrogen-bond acceptors (Lipinski definition) is 9. The van der Waals surface area contributed by atoms with Gasteiger partial charge in [0, 0.05) is 36.0 Å². The van der Waals surface area contributed by atoms with Crippen LogP contribution in [0.2, 0.25) is 0 Å². The van der Waals surface area contributed by atoms with Crippen LogP contribution in [0.3, 0.4) is 0 Å². The van der Waals surface area contributed by atoms with Crippen LogP contribution in [0.1, 0.15) is 39.1 Å². The van der Waals surface area contributed by atoms with Crippen LogP contribution in [0, 0.1) is 17.5 Å². The Morgan fingerprint density at radius 3 is 2.46 bits per heavy atom. The van der Waals surface area contributed by atoms with Gasteiger partial charge >= 0.3 is 0 Å². The number of anilines is 1. The van der Waals surface area contributed by atoms with Gasteiger partial charge in [0.2, 0.25) is 17.6 Å². The maximum atomic E-state index is 15.1. The lowest BCUT2D eigenvalue weighted by Crippen LogP contribution is -2.54. The van der Waals surface area contributed by atoms with E-state index in [2.05, 4.69) is 10.3 Å². The summed E-state index contributed by atoms with van der Waals surface area (Å²) >= 11 is 1.32. The summed E-state index contributed by atoms with van der Waals surface area (Å²) in [7, 11) is 0. The van der Waals surface area contributed by atoms with Crippen molar-refractivity contribution in [1.29, 1.82) is 0 Å². The zero-order valence-electron chi connectivity index (χ0n) is 21.2. The van der Waals surface area contributed by atoms with Crippen molar-refractivity contribution in [3.8, 4) is 17.0 Å². The zero-order valence-corrected chi connectivity index (χ0v) is 22.1. The summed E-state index contributed by atoms with van der Waals surface area (Å²) < 4.78 is 55.2. The van der Waals surface area contributed by atoms with Crippen LogP contribution in [0.15, 0.2) is 29.6 Å². The number of amides is 4. The zero-order chi connectivity index (χ0) is 28.8. The number of carbonyl (C=O) groups excluding carboxylic acids is 4. The third-order valence-corrected chi connectivity index (χ3v) is 7.98. The van der Waals surface area contributed by atoms with E-state index < -0.39 is 59.5 Å². The number of rotatable bonds is 6. The predicted molar refractivity (Wildman–Crippen MR) is 138 cm³/mol. The van der Waals surface area contributed by atoms with Crippen LogP contribution < -0.4 is 15.0 Å². The Morgan fingerprint density at radius 2 is 1.73 bits per heavy atom. The van der Waals surface area contributed by atoms with Gasteiger partial charge in [-0.3, -0.25) is 29.4 Å². The SMILES string of the molecule is O=C1CCC(N2C(=O)c3cc(F)c(COc4c(-c5csc(N6CCOCC6)n5)ccc(F)c4F)cc3C2=O)C(=O)N1. The van der Waals surface area contributed by atoms with Crippen LogP contribution in [-0.2, 0) is 20.9 Å². The first-order valence-electron chi connectivity index (χ1n) is 12.7. The molecule has 3 aromatic rings. The van der Waals surface area contributed by atoms with Crippen LogP contribution in [0.25, 0.3) is 11.3 Å². The highest BCUT2D eigenvalue weighted by Crippen LogP contribution is 2.37. The highest BCUT2D eigenvalue weighted by molar-refractivity contribution is 7.14. The van der Waals surface area contributed by atoms with Crippen molar-refractivity contribution in [2.24, 2.45) is 0 Å². The Morgan fingerprint density at radius 1 is 1.00 bits per heavy atom. The fourth-order valence-electron chi connectivity index (χ4n) is 4.96. The minimum absolute atomic E-state index is 0.0555. The molecule has 4 amide bonds. The fourth-order valence-corrected chi connectivity index (χ4v) is 5.84. The number of ether oxygens (including phenoxy) is 2. The number of benzene rings is 2. The normalized spacial score (nSPS) is 19.0. The van der Waals surface area contributed by atoms with Gasteiger partial charge in [-0.2, -0.15) is 4.39 Å². The van der Waals surface area contributed by atoms with E-state index in [1.807, 2.05) is 4.90 Å². The molecule has 0 aliphatic carbocycles. The molecule has 10 nitrogen and oxygen atoms in total. The number of carbonyl (C=O) groups is 4. The summed E-state index contributed by atoms with van der Waals surface area (Å²) in [5.74, 6) is -6.91. The molecule has 3 aliphatic rings. The van der Waals surface area contributed by atoms with E-state index in [0.717, 1.165) is 18.2 Å². The maximum absolute atomic E-state index is 15.1. The second kappa shape index (κ2) is 10.6. The molecule has 41 heavy (non-hydrogen) atoms. The lowest BCUT2D eigenvalue weighted by molar-refractivity contribution is -0.136. The molecule has 0 saturated carbocycles. The number of aromatic nitrogens is 1. The van der Waals surface area contributed by atoms with Gasteiger partial charge in [0.1, 0.15) is 18.5 Å². The second-order valence-corrected chi connectivity index (χ2v) is 10.4. The van der Waals surface area contributed by atoms with Crippen molar-refractivity contribution >= 4 is 40.1 Å². The smallest absolute Gasteiger partial charge is 0.262 e. The van der Waals surface area contributed by atoms with E-state index in [9.17, 15) is 28.0 Å². The Labute approximate surface area is 234 Å². The second-order valence-electron chi connectivity index (χ2n) is 9.58. The molecule has 1 N–H and O–H groups in total. The Hall–Kier alpha value is -4.30. The fraction of sp³-hybridized carbons (Fsp3) is 0.296. The maximum Gasteiger partial charge on any atom is 0.262 e. The number of thiazole rings is 1. The Bertz CT molecular complexity index is 1610. The molecular formula is C27H21F3N4O6S. The lowest BCUT2D eigenvalue weighted by atomic mass is 10.0. The topological polar surface area (TPSA) is 118 Å². The molecule has 6 rings (SSSR count). The van der Waals surface area contributed by atoms with E-state index in [0.29, 0.717) is 42.0 Å². The predicted octanol–water partition coefficient (Wildman–Crippen LogP) is 3.04. The van der Waals surface area contributed by atoms with Crippen molar-refractivity contribution < 1.29 is 41.8 Å². The third-order valence-electron chi connectivity index (χ3n) is 7.08. The number of morpholine rings is 1. The number of nitrogens with one attached hydrogen (secondary N) is 1. The molecule has 1 aromatic heterocycles. The standard InChI is InChI=1S/C27H21F3N4O6S/c28-17-2-1-14(19-12-41-27(31-19)33-5-7-39-8-6-33)23(22(17)30)40-11-13-9-15-16(10-18(13)29)26(38)34(25(15)37)20-3-4-21(35)32-24(20)36/h1-2,9-10,12,20H,3-8,11H2,(H,32,35,36). The molecule has 0 spiro atoms. The van der Waals surface area contributed by atoms with Gasteiger partial charge in [-0.05, 0) is 30.7 Å². The molecule has 2 aromatic carbocycles. The van der Waals surface area contributed by atoms with Gasteiger partial charge in [0.15, 0.2) is 16.7 Å². The van der Waals surface area contributed by atoms with Gasteiger partial charge in [0.25, 0.3) is 11.8 Å². The third kappa shape index (κ3) is 4.82.